The third-order valence-corrected chi connectivity index (χ3v) is 2.55. The second kappa shape index (κ2) is 4.67. The predicted molar refractivity (Wildman–Crippen MR) is 62.8 cm³/mol. The minimum Gasteiger partial charge on any atom is -0.391 e. The Bertz CT molecular complexity index is 473. The highest BCUT2D eigenvalue weighted by molar-refractivity contribution is 5.24. The number of hydrogen-bond donors (Lipinski definition) is 1. The highest BCUT2D eigenvalue weighted by Gasteiger charge is 2.23. The van der Waals surface area contributed by atoms with E-state index in [0.717, 1.165) is 22.9 Å². The number of rotatable bonds is 3. The minimum absolute atomic E-state index is 0.0456. The molecule has 0 aliphatic rings. The molecule has 0 amide bonds. The Labute approximate surface area is 98.7 Å². The van der Waals surface area contributed by atoms with Gasteiger partial charge in [-0.1, -0.05) is 20.8 Å². The molecule has 94 valence electrons. The average Bonchev–Trinajstić information content (AvgIpc) is 2.19. The van der Waals surface area contributed by atoms with E-state index in [-0.39, 0.29) is 23.2 Å². The van der Waals surface area contributed by atoms with E-state index in [1.807, 2.05) is 20.8 Å². The SMILES string of the molecule is CC(C)(C)C(O)Cn1cc([N+](=O)[O-])ccc1=O. The van der Waals surface area contributed by atoms with Crippen molar-refractivity contribution >= 4 is 5.69 Å². The van der Waals surface area contributed by atoms with E-state index in [4.69, 9.17) is 0 Å². The molecule has 0 aromatic carbocycles. The van der Waals surface area contributed by atoms with Gasteiger partial charge in [-0.2, -0.15) is 0 Å². The maximum Gasteiger partial charge on any atom is 0.285 e. The van der Waals surface area contributed by atoms with Crippen LogP contribution in [0, 0.1) is 15.5 Å². The van der Waals surface area contributed by atoms with Crippen LogP contribution in [-0.2, 0) is 6.54 Å². The molecule has 1 heterocycles. The molecular formula is C11H16N2O4. The van der Waals surface area contributed by atoms with Crippen molar-refractivity contribution in [2.75, 3.05) is 0 Å². The quantitative estimate of drug-likeness (QED) is 0.634. The van der Waals surface area contributed by atoms with Gasteiger partial charge in [0.05, 0.1) is 23.8 Å². The molecule has 0 radical (unpaired) electrons. The topological polar surface area (TPSA) is 85.4 Å². The highest BCUT2D eigenvalue weighted by Crippen LogP contribution is 2.20. The Morgan fingerprint density at radius 3 is 2.53 bits per heavy atom. The summed E-state index contributed by atoms with van der Waals surface area (Å²) < 4.78 is 1.16. The zero-order valence-electron chi connectivity index (χ0n) is 10.1. The molecule has 0 aliphatic heterocycles. The first-order valence-corrected chi connectivity index (χ1v) is 5.25. The summed E-state index contributed by atoms with van der Waals surface area (Å²) in [7, 11) is 0. The van der Waals surface area contributed by atoms with E-state index in [2.05, 4.69) is 0 Å². The molecular weight excluding hydrogens is 224 g/mol. The normalized spacial score (nSPS) is 13.4. The number of nitro groups is 1. The van der Waals surface area contributed by atoms with Crippen molar-refractivity contribution in [3.63, 3.8) is 0 Å². The van der Waals surface area contributed by atoms with Crippen LogP contribution < -0.4 is 5.56 Å². The molecule has 1 N–H and O–H groups in total. The summed E-state index contributed by atoms with van der Waals surface area (Å²) in [5.74, 6) is 0. The van der Waals surface area contributed by atoms with Crippen molar-refractivity contribution < 1.29 is 10.0 Å². The van der Waals surface area contributed by atoms with Gasteiger partial charge in [-0.3, -0.25) is 14.9 Å². The van der Waals surface area contributed by atoms with Gasteiger partial charge < -0.3 is 9.67 Å². The molecule has 0 fully saturated rings. The monoisotopic (exact) mass is 240 g/mol. The molecule has 1 unspecified atom stereocenters. The summed E-state index contributed by atoms with van der Waals surface area (Å²) in [6.07, 6.45) is 0.402. The van der Waals surface area contributed by atoms with Crippen LogP contribution >= 0.6 is 0 Å². The van der Waals surface area contributed by atoms with Gasteiger partial charge >= 0.3 is 0 Å². The van der Waals surface area contributed by atoms with Crippen LogP contribution in [0.15, 0.2) is 23.1 Å². The van der Waals surface area contributed by atoms with Crippen LogP contribution in [0.4, 0.5) is 5.69 Å². The van der Waals surface area contributed by atoms with Crippen LogP contribution in [-0.4, -0.2) is 20.7 Å². The van der Waals surface area contributed by atoms with Crippen molar-refractivity contribution in [3.8, 4) is 0 Å². The molecule has 1 atom stereocenters. The molecule has 0 bridgehead atoms. The Balaban J connectivity index is 3.02. The molecule has 1 rings (SSSR count). The first-order chi connectivity index (χ1) is 7.71. The number of aliphatic hydroxyl groups is 1. The molecule has 0 spiro atoms. The molecule has 1 aromatic rings. The highest BCUT2D eigenvalue weighted by atomic mass is 16.6. The summed E-state index contributed by atoms with van der Waals surface area (Å²) in [5, 5.41) is 20.4. The Morgan fingerprint density at radius 2 is 2.06 bits per heavy atom. The molecule has 6 heteroatoms. The van der Waals surface area contributed by atoms with Crippen molar-refractivity contribution in [1.82, 2.24) is 4.57 Å². The third kappa shape index (κ3) is 3.39. The Morgan fingerprint density at radius 1 is 1.47 bits per heavy atom. The van der Waals surface area contributed by atoms with E-state index in [1.165, 1.54) is 0 Å². The van der Waals surface area contributed by atoms with Crippen LogP contribution in [0.3, 0.4) is 0 Å². The molecule has 0 aliphatic carbocycles. The van der Waals surface area contributed by atoms with Crippen molar-refractivity contribution in [3.05, 3.63) is 38.8 Å². The largest absolute Gasteiger partial charge is 0.391 e. The lowest BCUT2D eigenvalue weighted by Crippen LogP contribution is -2.34. The lowest BCUT2D eigenvalue weighted by Gasteiger charge is -2.26. The smallest absolute Gasteiger partial charge is 0.285 e. The fourth-order valence-electron chi connectivity index (χ4n) is 1.23. The molecule has 0 saturated carbocycles. The second-order valence-corrected chi connectivity index (χ2v) is 5.02. The van der Waals surface area contributed by atoms with Gasteiger partial charge in [-0.05, 0) is 5.41 Å². The summed E-state index contributed by atoms with van der Waals surface area (Å²) >= 11 is 0. The van der Waals surface area contributed by atoms with E-state index in [1.54, 1.807) is 0 Å². The third-order valence-electron chi connectivity index (χ3n) is 2.55. The van der Waals surface area contributed by atoms with Gasteiger partial charge in [0.25, 0.3) is 11.2 Å². The Hall–Kier alpha value is -1.69. The second-order valence-electron chi connectivity index (χ2n) is 5.02. The number of hydrogen-bond acceptors (Lipinski definition) is 4. The standard InChI is InChI=1S/C11H16N2O4/c1-11(2,3)9(14)7-12-6-8(13(16)17)4-5-10(12)15/h4-6,9,14H,7H2,1-3H3. The van der Waals surface area contributed by atoms with Gasteiger partial charge in [0.15, 0.2) is 0 Å². The zero-order valence-corrected chi connectivity index (χ0v) is 10.1. The summed E-state index contributed by atoms with van der Waals surface area (Å²) in [4.78, 5) is 21.5. The summed E-state index contributed by atoms with van der Waals surface area (Å²) in [6.45, 7) is 5.55. The van der Waals surface area contributed by atoms with Crippen LogP contribution in [0.1, 0.15) is 20.8 Å². The van der Waals surface area contributed by atoms with E-state index in [9.17, 15) is 20.0 Å². The maximum atomic E-state index is 11.5. The van der Waals surface area contributed by atoms with Gasteiger partial charge in [0.2, 0.25) is 0 Å². The predicted octanol–water partition coefficient (Wildman–Crippen LogP) is 1.16. The zero-order chi connectivity index (χ0) is 13.2. The van der Waals surface area contributed by atoms with Crippen LogP contribution in [0.25, 0.3) is 0 Å². The van der Waals surface area contributed by atoms with E-state index < -0.39 is 11.0 Å². The maximum absolute atomic E-state index is 11.5. The van der Waals surface area contributed by atoms with Gasteiger partial charge in [0, 0.05) is 12.1 Å². The first-order valence-electron chi connectivity index (χ1n) is 5.25. The number of aromatic nitrogens is 1. The lowest BCUT2D eigenvalue weighted by atomic mass is 9.89. The summed E-state index contributed by atoms with van der Waals surface area (Å²) in [5.41, 5.74) is -0.908. The van der Waals surface area contributed by atoms with Crippen LogP contribution in [0.2, 0.25) is 0 Å². The molecule has 6 nitrogen and oxygen atoms in total. The number of aliphatic hydroxyl groups excluding tert-OH is 1. The van der Waals surface area contributed by atoms with Gasteiger partial charge in [0.1, 0.15) is 0 Å². The van der Waals surface area contributed by atoms with E-state index >= 15 is 0 Å². The summed E-state index contributed by atoms with van der Waals surface area (Å²) in [6, 6.07) is 2.29. The van der Waals surface area contributed by atoms with Gasteiger partial charge in [-0.15, -0.1) is 0 Å². The lowest BCUT2D eigenvalue weighted by molar-refractivity contribution is -0.385. The number of pyridine rings is 1. The number of nitrogens with zero attached hydrogens (tertiary/aromatic N) is 2. The first kappa shape index (κ1) is 13.4. The molecule has 1 aromatic heterocycles. The Kier molecular flexibility index (Phi) is 3.67. The average molecular weight is 240 g/mol. The van der Waals surface area contributed by atoms with Crippen molar-refractivity contribution in [2.24, 2.45) is 5.41 Å². The van der Waals surface area contributed by atoms with Crippen molar-refractivity contribution in [1.29, 1.82) is 0 Å². The molecule has 0 saturated heterocycles. The van der Waals surface area contributed by atoms with Crippen molar-refractivity contribution in [2.45, 2.75) is 33.4 Å². The fourth-order valence-corrected chi connectivity index (χ4v) is 1.23. The minimum atomic E-state index is -0.748. The fraction of sp³-hybridized carbons (Fsp3) is 0.545. The van der Waals surface area contributed by atoms with Crippen LogP contribution in [0.5, 0.6) is 0 Å². The van der Waals surface area contributed by atoms with E-state index in [0.29, 0.717) is 0 Å². The van der Waals surface area contributed by atoms with Gasteiger partial charge in [-0.25, -0.2) is 0 Å². The molecule has 17 heavy (non-hydrogen) atoms.